The molecular weight excluding hydrogens is 430 g/mol. The highest BCUT2D eigenvalue weighted by Crippen LogP contribution is 2.46. The number of amides is 3. The molecular formula is C24H36ClN3O4. The number of benzene rings is 1. The van der Waals surface area contributed by atoms with Gasteiger partial charge in [0.25, 0.3) is 0 Å². The van der Waals surface area contributed by atoms with Crippen LogP contribution in [0.25, 0.3) is 0 Å². The van der Waals surface area contributed by atoms with Gasteiger partial charge >= 0.3 is 0 Å². The maximum atomic E-state index is 13.3. The minimum atomic E-state index is -1.09. The fraction of sp³-hybridized carbons (Fsp3) is 0.625. The monoisotopic (exact) mass is 465 g/mol. The van der Waals surface area contributed by atoms with Crippen molar-refractivity contribution in [2.75, 3.05) is 20.1 Å². The number of nitrogens with one attached hydrogen (secondary N) is 2. The third kappa shape index (κ3) is 6.01. The number of nitrogens with zero attached hydrogens (tertiary/aromatic N) is 1. The molecule has 0 spiro atoms. The largest absolute Gasteiger partial charge is 0.384 e. The van der Waals surface area contributed by atoms with E-state index >= 15 is 0 Å². The van der Waals surface area contributed by atoms with Crippen LogP contribution in [0.1, 0.15) is 58.9 Å². The molecule has 0 aliphatic carbocycles. The van der Waals surface area contributed by atoms with Crippen molar-refractivity contribution in [2.45, 2.75) is 65.0 Å². The normalized spacial score (nSPS) is 21.2. The molecule has 0 saturated carbocycles. The number of hydrogen-bond acceptors (Lipinski definition) is 4. The van der Waals surface area contributed by atoms with Crippen LogP contribution >= 0.6 is 11.6 Å². The summed E-state index contributed by atoms with van der Waals surface area (Å²) in [6.45, 7) is 8.43. The molecule has 1 fully saturated rings. The number of carbonyl (C=O) groups excluding carboxylic acids is 3. The van der Waals surface area contributed by atoms with Gasteiger partial charge in [-0.1, -0.05) is 51.4 Å². The molecule has 1 aromatic rings. The summed E-state index contributed by atoms with van der Waals surface area (Å²) in [4.78, 5) is 38.8. The van der Waals surface area contributed by atoms with Crippen LogP contribution in [0.4, 0.5) is 0 Å². The third-order valence-corrected chi connectivity index (χ3v) is 6.67. The van der Waals surface area contributed by atoms with Gasteiger partial charge in [0, 0.05) is 43.4 Å². The highest BCUT2D eigenvalue weighted by molar-refractivity contribution is 6.30. The lowest BCUT2D eigenvalue weighted by atomic mass is 9.66. The number of piperidine rings is 1. The maximum absolute atomic E-state index is 13.3. The number of aliphatic hydroxyl groups is 1. The molecule has 1 saturated heterocycles. The number of rotatable bonds is 8. The van der Waals surface area contributed by atoms with E-state index in [9.17, 15) is 19.5 Å². The van der Waals surface area contributed by atoms with Crippen molar-refractivity contribution in [3.63, 3.8) is 0 Å². The lowest BCUT2D eigenvalue weighted by molar-refractivity contribution is -0.156. The van der Waals surface area contributed by atoms with E-state index in [1.807, 2.05) is 39.8 Å². The molecule has 3 amide bonds. The molecule has 0 radical (unpaired) electrons. The van der Waals surface area contributed by atoms with Crippen molar-refractivity contribution >= 4 is 29.3 Å². The Balaban J connectivity index is 2.07. The van der Waals surface area contributed by atoms with Gasteiger partial charge in [0.1, 0.15) is 6.04 Å². The van der Waals surface area contributed by atoms with Gasteiger partial charge < -0.3 is 20.6 Å². The van der Waals surface area contributed by atoms with Gasteiger partial charge in [-0.2, -0.15) is 0 Å². The van der Waals surface area contributed by atoms with Crippen molar-refractivity contribution in [1.29, 1.82) is 0 Å². The van der Waals surface area contributed by atoms with Crippen molar-refractivity contribution in [2.24, 2.45) is 11.3 Å². The molecule has 0 bridgehead atoms. The standard InChI is InChI=1S/C24H36ClN3O4/c1-16(2)21(27-20(30)8-6-7-19(29)26-5)22(31)28-14-13-24(32,23(3,4)15-28)17-9-11-18(25)12-10-17/h9-12,16,21,32H,6-8,13-15H2,1-5H3,(H,26,29)(H,27,30). The van der Waals surface area contributed by atoms with Crippen LogP contribution in [-0.4, -0.2) is 53.9 Å². The Morgan fingerprint density at radius 1 is 1.12 bits per heavy atom. The van der Waals surface area contributed by atoms with E-state index in [1.54, 1.807) is 24.1 Å². The second kappa shape index (κ2) is 10.7. The summed E-state index contributed by atoms with van der Waals surface area (Å²) in [7, 11) is 1.56. The molecule has 1 aromatic carbocycles. The highest BCUT2D eigenvalue weighted by Gasteiger charge is 2.50. The predicted octanol–water partition coefficient (Wildman–Crippen LogP) is 2.84. The quantitative estimate of drug-likeness (QED) is 0.549. The van der Waals surface area contributed by atoms with Crippen LogP contribution in [0.5, 0.6) is 0 Å². The van der Waals surface area contributed by atoms with Crippen molar-refractivity contribution in [1.82, 2.24) is 15.5 Å². The van der Waals surface area contributed by atoms with Crippen LogP contribution in [0.15, 0.2) is 24.3 Å². The fourth-order valence-corrected chi connectivity index (χ4v) is 4.39. The molecule has 1 aliphatic rings. The zero-order chi connectivity index (χ0) is 24.1. The lowest BCUT2D eigenvalue weighted by Crippen LogP contribution is -2.60. The topological polar surface area (TPSA) is 98.7 Å². The molecule has 7 nitrogen and oxygen atoms in total. The van der Waals surface area contributed by atoms with Crippen LogP contribution in [0.3, 0.4) is 0 Å². The zero-order valence-electron chi connectivity index (χ0n) is 19.7. The van der Waals surface area contributed by atoms with Crippen LogP contribution < -0.4 is 10.6 Å². The molecule has 0 aromatic heterocycles. The number of likely N-dealkylation sites (tertiary alicyclic amines) is 1. The van der Waals surface area contributed by atoms with E-state index in [0.717, 1.165) is 5.56 Å². The van der Waals surface area contributed by atoms with Gasteiger partial charge in [0.15, 0.2) is 0 Å². The third-order valence-electron chi connectivity index (χ3n) is 6.42. The van der Waals surface area contributed by atoms with Gasteiger partial charge in [-0.05, 0) is 36.5 Å². The Morgan fingerprint density at radius 3 is 2.25 bits per heavy atom. The summed E-state index contributed by atoms with van der Waals surface area (Å²) >= 11 is 6.00. The fourth-order valence-electron chi connectivity index (χ4n) is 4.26. The Morgan fingerprint density at radius 2 is 1.72 bits per heavy atom. The summed E-state index contributed by atoms with van der Waals surface area (Å²) in [5, 5.41) is 17.5. The molecule has 32 heavy (non-hydrogen) atoms. The molecule has 1 aliphatic heterocycles. The van der Waals surface area contributed by atoms with E-state index in [1.165, 1.54) is 0 Å². The second-order valence-corrected chi connectivity index (χ2v) is 10.0. The van der Waals surface area contributed by atoms with Gasteiger partial charge in [-0.15, -0.1) is 0 Å². The van der Waals surface area contributed by atoms with Gasteiger partial charge in [-0.25, -0.2) is 0 Å². The van der Waals surface area contributed by atoms with Crippen molar-refractivity contribution in [3.05, 3.63) is 34.9 Å². The lowest BCUT2D eigenvalue weighted by Gasteiger charge is -2.51. The van der Waals surface area contributed by atoms with Gasteiger partial charge in [0.2, 0.25) is 17.7 Å². The Kier molecular flexibility index (Phi) is 8.71. The summed E-state index contributed by atoms with van der Waals surface area (Å²) in [5.41, 5.74) is -0.915. The number of hydrogen-bond donors (Lipinski definition) is 3. The molecule has 3 N–H and O–H groups in total. The zero-order valence-corrected chi connectivity index (χ0v) is 20.5. The van der Waals surface area contributed by atoms with Crippen LogP contribution in [-0.2, 0) is 20.0 Å². The molecule has 2 atom stereocenters. The van der Waals surface area contributed by atoms with Crippen molar-refractivity contribution < 1.29 is 19.5 Å². The average Bonchev–Trinajstić information content (AvgIpc) is 2.73. The molecule has 2 unspecified atom stereocenters. The minimum Gasteiger partial charge on any atom is -0.384 e. The van der Waals surface area contributed by atoms with E-state index in [-0.39, 0.29) is 36.5 Å². The molecule has 2 rings (SSSR count). The SMILES string of the molecule is CNC(=O)CCCC(=O)NC(C(=O)N1CCC(O)(c2ccc(Cl)cc2)C(C)(C)C1)C(C)C. The summed E-state index contributed by atoms with van der Waals surface area (Å²) in [6, 6.07) is 6.53. The second-order valence-electron chi connectivity index (χ2n) is 9.58. The average molecular weight is 466 g/mol. The predicted molar refractivity (Wildman–Crippen MR) is 125 cm³/mol. The van der Waals surface area contributed by atoms with E-state index < -0.39 is 17.1 Å². The van der Waals surface area contributed by atoms with Crippen LogP contribution in [0, 0.1) is 11.3 Å². The molecule has 8 heteroatoms. The molecule has 1 heterocycles. The Labute approximate surface area is 195 Å². The number of carbonyl (C=O) groups is 3. The summed E-state index contributed by atoms with van der Waals surface area (Å²) in [6.07, 6.45) is 1.27. The maximum Gasteiger partial charge on any atom is 0.245 e. The first kappa shape index (κ1) is 26.1. The first-order valence-corrected chi connectivity index (χ1v) is 11.6. The summed E-state index contributed by atoms with van der Waals surface area (Å²) in [5.74, 6) is -0.593. The first-order valence-electron chi connectivity index (χ1n) is 11.2. The minimum absolute atomic E-state index is 0.0921. The molecule has 178 valence electrons. The first-order chi connectivity index (χ1) is 14.9. The van der Waals surface area contributed by atoms with E-state index in [0.29, 0.717) is 31.0 Å². The van der Waals surface area contributed by atoms with E-state index in [2.05, 4.69) is 10.6 Å². The van der Waals surface area contributed by atoms with E-state index in [4.69, 9.17) is 11.6 Å². The summed E-state index contributed by atoms with van der Waals surface area (Å²) < 4.78 is 0. The smallest absolute Gasteiger partial charge is 0.245 e. The van der Waals surface area contributed by atoms with Gasteiger partial charge in [-0.3, -0.25) is 14.4 Å². The number of halogens is 1. The van der Waals surface area contributed by atoms with Gasteiger partial charge in [0.05, 0.1) is 5.60 Å². The Hall–Kier alpha value is -2.12. The highest BCUT2D eigenvalue weighted by atomic mass is 35.5. The Bertz CT molecular complexity index is 825. The van der Waals surface area contributed by atoms with Crippen LogP contribution in [0.2, 0.25) is 5.02 Å². The van der Waals surface area contributed by atoms with Crippen molar-refractivity contribution in [3.8, 4) is 0 Å².